The van der Waals surface area contributed by atoms with Crippen molar-refractivity contribution in [3.8, 4) is 0 Å². The van der Waals surface area contributed by atoms with E-state index in [2.05, 4.69) is 51.3 Å². The van der Waals surface area contributed by atoms with Crippen LogP contribution in [0.5, 0.6) is 0 Å². The molecule has 2 heterocycles. The SMILES string of the molecule is CN1CCN(Cc2ccc(CNCC3CCN(C4CCCC4)CC3)cc2)CC1. The molecule has 1 aromatic carbocycles. The summed E-state index contributed by atoms with van der Waals surface area (Å²) in [4.78, 5) is 7.78. The highest BCUT2D eigenvalue weighted by molar-refractivity contribution is 5.22. The summed E-state index contributed by atoms with van der Waals surface area (Å²) in [7, 11) is 2.22. The van der Waals surface area contributed by atoms with Crippen molar-refractivity contribution in [1.29, 1.82) is 0 Å². The lowest BCUT2D eigenvalue weighted by Gasteiger charge is -2.36. The fourth-order valence-electron chi connectivity index (χ4n) is 5.24. The molecule has 3 fully saturated rings. The summed E-state index contributed by atoms with van der Waals surface area (Å²) in [6.45, 7) is 10.7. The van der Waals surface area contributed by atoms with Gasteiger partial charge in [-0.3, -0.25) is 4.90 Å². The second-order valence-electron chi connectivity index (χ2n) is 9.44. The molecule has 1 aliphatic carbocycles. The Hall–Kier alpha value is -0.940. The third-order valence-corrected chi connectivity index (χ3v) is 7.28. The molecule has 0 amide bonds. The Morgan fingerprint density at radius 3 is 2.14 bits per heavy atom. The van der Waals surface area contributed by atoms with Gasteiger partial charge >= 0.3 is 0 Å². The number of nitrogens with zero attached hydrogens (tertiary/aromatic N) is 3. The number of piperazine rings is 1. The molecule has 1 saturated carbocycles. The molecule has 0 atom stereocenters. The summed E-state index contributed by atoms with van der Waals surface area (Å²) < 4.78 is 0. The number of hydrogen-bond donors (Lipinski definition) is 1. The van der Waals surface area contributed by atoms with E-state index in [4.69, 9.17) is 0 Å². The Bertz CT molecular complexity index is 565. The van der Waals surface area contributed by atoms with Gasteiger partial charge in [0.15, 0.2) is 0 Å². The summed E-state index contributed by atoms with van der Waals surface area (Å²) in [5.74, 6) is 0.870. The molecule has 28 heavy (non-hydrogen) atoms. The highest BCUT2D eigenvalue weighted by atomic mass is 15.2. The molecule has 4 nitrogen and oxygen atoms in total. The minimum atomic E-state index is 0.870. The zero-order chi connectivity index (χ0) is 19.2. The van der Waals surface area contributed by atoms with Crippen LogP contribution in [0.15, 0.2) is 24.3 Å². The second-order valence-corrected chi connectivity index (χ2v) is 9.44. The van der Waals surface area contributed by atoms with Crippen LogP contribution in [0.25, 0.3) is 0 Å². The lowest BCUT2D eigenvalue weighted by atomic mass is 9.95. The number of benzene rings is 1. The molecule has 0 bridgehead atoms. The van der Waals surface area contributed by atoms with Crippen LogP contribution in [0.3, 0.4) is 0 Å². The van der Waals surface area contributed by atoms with Crippen LogP contribution in [0.1, 0.15) is 49.7 Å². The number of hydrogen-bond acceptors (Lipinski definition) is 4. The minimum Gasteiger partial charge on any atom is -0.312 e. The normalized spacial score (nSPS) is 24.2. The van der Waals surface area contributed by atoms with Gasteiger partial charge in [-0.15, -0.1) is 0 Å². The summed E-state index contributed by atoms with van der Waals surface area (Å²) in [6.07, 6.45) is 8.59. The van der Waals surface area contributed by atoms with Gasteiger partial charge in [0.1, 0.15) is 0 Å². The number of nitrogens with one attached hydrogen (secondary N) is 1. The zero-order valence-corrected chi connectivity index (χ0v) is 17.9. The average Bonchev–Trinajstić information content (AvgIpc) is 3.26. The first kappa shape index (κ1) is 20.3. The van der Waals surface area contributed by atoms with Crippen LogP contribution in [-0.2, 0) is 13.1 Å². The molecule has 0 unspecified atom stereocenters. The third-order valence-electron chi connectivity index (χ3n) is 7.28. The van der Waals surface area contributed by atoms with Gasteiger partial charge in [-0.1, -0.05) is 37.1 Å². The van der Waals surface area contributed by atoms with E-state index in [0.29, 0.717) is 0 Å². The van der Waals surface area contributed by atoms with Crippen LogP contribution in [0.4, 0.5) is 0 Å². The summed E-state index contributed by atoms with van der Waals surface area (Å²) in [5.41, 5.74) is 2.87. The highest BCUT2D eigenvalue weighted by Crippen LogP contribution is 2.27. The van der Waals surface area contributed by atoms with E-state index < -0.39 is 0 Å². The summed E-state index contributed by atoms with van der Waals surface area (Å²) >= 11 is 0. The van der Waals surface area contributed by atoms with Gasteiger partial charge in [0.25, 0.3) is 0 Å². The average molecular weight is 385 g/mol. The molecule has 2 saturated heterocycles. The van der Waals surface area contributed by atoms with Crippen LogP contribution in [-0.4, -0.2) is 73.6 Å². The monoisotopic (exact) mass is 384 g/mol. The molecule has 4 heteroatoms. The maximum Gasteiger partial charge on any atom is 0.0234 e. The van der Waals surface area contributed by atoms with Gasteiger partial charge in [0.2, 0.25) is 0 Å². The van der Waals surface area contributed by atoms with Crippen molar-refractivity contribution in [3.05, 3.63) is 35.4 Å². The van der Waals surface area contributed by atoms with E-state index in [1.54, 1.807) is 0 Å². The highest BCUT2D eigenvalue weighted by Gasteiger charge is 2.26. The summed E-state index contributed by atoms with van der Waals surface area (Å²) in [5, 5.41) is 3.73. The zero-order valence-electron chi connectivity index (χ0n) is 17.9. The molecule has 0 radical (unpaired) electrons. The van der Waals surface area contributed by atoms with Crippen molar-refractivity contribution in [3.63, 3.8) is 0 Å². The topological polar surface area (TPSA) is 21.8 Å². The quantitative estimate of drug-likeness (QED) is 0.779. The van der Waals surface area contributed by atoms with Gasteiger partial charge in [-0.2, -0.15) is 0 Å². The van der Waals surface area contributed by atoms with E-state index in [0.717, 1.165) is 25.0 Å². The molecule has 2 aliphatic heterocycles. The molecular weight excluding hydrogens is 344 g/mol. The lowest BCUT2D eigenvalue weighted by Crippen LogP contribution is -2.43. The first-order valence-electron chi connectivity index (χ1n) is 11.7. The molecule has 4 rings (SSSR count). The van der Waals surface area contributed by atoms with Gasteiger partial charge in [-0.05, 0) is 69.4 Å². The predicted octanol–water partition coefficient (Wildman–Crippen LogP) is 3.18. The van der Waals surface area contributed by atoms with Gasteiger partial charge in [0.05, 0.1) is 0 Å². The largest absolute Gasteiger partial charge is 0.312 e. The van der Waals surface area contributed by atoms with Crippen LogP contribution >= 0.6 is 0 Å². The van der Waals surface area contributed by atoms with Crippen LogP contribution < -0.4 is 5.32 Å². The van der Waals surface area contributed by atoms with Gasteiger partial charge < -0.3 is 15.1 Å². The predicted molar refractivity (Wildman–Crippen MR) is 117 cm³/mol. The smallest absolute Gasteiger partial charge is 0.0234 e. The Morgan fingerprint density at radius 1 is 0.821 bits per heavy atom. The van der Waals surface area contributed by atoms with Crippen molar-refractivity contribution < 1.29 is 0 Å². The van der Waals surface area contributed by atoms with E-state index >= 15 is 0 Å². The number of piperidine rings is 1. The van der Waals surface area contributed by atoms with Crippen LogP contribution in [0.2, 0.25) is 0 Å². The third kappa shape index (κ3) is 5.79. The lowest BCUT2D eigenvalue weighted by molar-refractivity contribution is 0.133. The van der Waals surface area contributed by atoms with Gasteiger partial charge in [-0.25, -0.2) is 0 Å². The number of rotatable bonds is 7. The Kier molecular flexibility index (Phi) is 7.41. The first-order chi connectivity index (χ1) is 13.8. The van der Waals surface area contributed by atoms with Crippen molar-refractivity contribution in [2.24, 2.45) is 5.92 Å². The molecule has 0 spiro atoms. The fraction of sp³-hybridized carbons (Fsp3) is 0.750. The Labute approximate surface area is 172 Å². The molecule has 0 aromatic heterocycles. The minimum absolute atomic E-state index is 0.870. The molecule has 156 valence electrons. The molecule has 1 N–H and O–H groups in total. The molecule has 3 aliphatic rings. The maximum atomic E-state index is 3.73. The van der Waals surface area contributed by atoms with E-state index in [-0.39, 0.29) is 0 Å². The summed E-state index contributed by atoms with van der Waals surface area (Å²) in [6, 6.07) is 10.2. The van der Waals surface area contributed by atoms with Crippen molar-refractivity contribution in [1.82, 2.24) is 20.0 Å². The Morgan fingerprint density at radius 2 is 1.46 bits per heavy atom. The molecular formula is C24H40N4. The Balaban J connectivity index is 1.13. The van der Waals surface area contributed by atoms with Crippen molar-refractivity contribution in [2.45, 2.75) is 57.7 Å². The van der Waals surface area contributed by atoms with E-state index in [1.165, 1.54) is 95.5 Å². The van der Waals surface area contributed by atoms with Crippen molar-refractivity contribution >= 4 is 0 Å². The molecule has 1 aromatic rings. The van der Waals surface area contributed by atoms with Crippen LogP contribution in [0, 0.1) is 5.92 Å². The fourth-order valence-corrected chi connectivity index (χ4v) is 5.24. The van der Waals surface area contributed by atoms with Gasteiger partial charge in [0, 0.05) is 45.3 Å². The van der Waals surface area contributed by atoms with E-state index in [9.17, 15) is 0 Å². The standard InChI is InChI=1S/C24H40N4/c1-26-14-16-27(17-15-26)20-23-8-6-21(7-9-23)18-25-19-22-10-12-28(13-11-22)24-4-2-3-5-24/h6-9,22,24-25H,2-5,10-20H2,1H3. The maximum absolute atomic E-state index is 3.73. The van der Waals surface area contributed by atoms with Crippen molar-refractivity contribution in [2.75, 3.05) is 52.9 Å². The number of likely N-dealkylation sites (tertiary alicyclic amines) is 1. The van der Waals surface area contributed by atoms with E-state index in [1.807, 2.05) is 0 Å². The number of likely N-dealkylation sites (N-methyl/N-ethyl adjacent to an activating group) is 1. The first-order valence-corrected chi connectivity index (χ1v) is 11.7. The second kappa shape index (κ2) is 10.2.